The molecule has 1 heteroatoms. The van der Waals surface area contributed by atoms with Crippen LogP contribution in [-0.4, -0.2) is 18.0 Å². The summed E-state index contributed by atoms with van der Waals surface area (Å²) < 4.78 is 0. The average Bonchev–Trinajstić information content (AvgIpc) is 2.03. The maximum absolute atomic E-state index is 3.99. The molecule has 0 unspecified atom stereocenters. The Hall–Kier alpha value is -0.460. The van der Waals surface area contributed by atoms with Gasteiger partial charge in [-0.2, -0.15) is 0 Å². The number of piperidine rings is 1. The summed E-state index contributed by atoms with van der Waals surface area (Å²) in [5, 5.41) is 0. The van der Waals surface area contributed by atoms with Crippen molar-refractivity contribution in [2.24, 2.45) is 11.3 Å². The zero-order chi connectivity index (χ0) is 10.1. The molecule has 1 fully saturated rings. The normalized spacial score (nSPS) is 20.5. The zero-order valence-corrected chi connectivity index (χ0v) is 9.56. The van der Waals surface area contributed by atoms with Crippen LogP contribution in [0, 0.1) is 11.3 Å². The van der Waals surface area contributed by atoms with Crippen molar-refractivity contribution in [2.75, 3.05) is 13.1 Å². The fourth-order valence-corrected chi connectivity index (χ4v) is 2.13. The molecule has 0 aromatic heterocycles. The SMILES string of the molecule is C=C(C)N1CCC(C(C)(C)C)CC1. The van der Waals surface area contributed by atoms with Crippen molar-refractivity contribution in [3.8, 4) is 0 Å². The molecule has 1 nitrogen and oxygen atoms in total. The maximum Gasteiger partial charge on any atom is 0.0177 e. The van der Waals surface area contributed by atoms with Crippen LogP contribution in [0.3, 0.4) is 0 Å². The minimum absolute atomic E-state index is 0.487. The Morgan fingerprint density at radius 3 is 2.00 bits per heavy atom. The molecule has 0 aliphatic carbocycles. The highest BCUT2D eigenvalue weighted by Crippen LogP contribution is 2.34. The molecule has 0 aromatic carbocycles. The highest BCUT2D eigenvalue weighted by molar-refractivity contribution is 4.92. The molecule has 1 heterocycles. The molecule has 0 aromatic rings. The predicted molar refractivity (Wildman–Crippen MR) is 58.6 cm³/mol. The van der Waals surface area contributed by atoms with Gasteiger partial charge in [0.05, 0.1) is 0 Å². The third-order valence-electron chi connectivity index (χ3n) is 3.26. The molecule has 0 bridgehead atoms. The van der Waals surface area contributed by atoms with Crippen LogP contribution in [0.4, 0.5) is 0 Å². The van der Waals surface area contributed by atoms with Gasteiger partial charge in [-0.3, -0.25) is 0 Å². The highest BCUT2D eigenvalue weighted by Gasteiger charge is 2.28. The van der Waals surface area contributed by atoms with Crippen molar-refractivity contribution in [1.29, 1.82) is 0 Å². The third kappa shape index (κ3) is 2.75. The van der Waals surface area contributed by atoms with Gasteiger partial charge in [0.15, 0.2) is 0 Å². The summed E-state index contributed by atoms with van der Waals surface area (Å²) >= 11 is 0. The molecule has 13 heavy (non-hydrogen) atoms. The number of likely N-dealkylation sites (tertiary alicyclic amines) is 1. The first kappa shape index (κ1) is 10.6. The molecule has 0 radical (unpaired) electrons. The predicted octanol–water partition coefficient (Wildman–Crippen LogP) is 3.28. The summed E-state index contributed by atoms with van der Waals surface area (Å²) in [5.74, 6) is 0.892. The second kappa shape index (κ2) is 3.73. The van der Waals surface area contributed by atoms with Gasteiger partial charge < -0.3 is 4.90 Å². The number of hydrogen-bond acceptors (Lipinski definition) is 1. The molecule has 1 rings (SSSR count). The van der Waals surface area contributed by atoms with Gasteiger partial charge in [-0.15, -0.1) is 0 Å². The van der Waals surface area contributed by atoms with Crippen molar-refractivity contribution < 1.29 is 0 Å². The van der Waals surface area contributed by atoms with Crippen molar-refractivity contribution in [1.82, 2.24) is 4.90 Å². The van der Waals surface area contributed by atoms with Crippen LogP contribution >= 0.6 is 0 Å². The first-order valence-corrected chi connectivity index (χ1v) is 5.31. The lowest BCUT2D eigenvalue weighted by Gasteiger charge is -2.39. The van der Waals surface area contributed by atoms with Gasteiger partial charge in [-0.25, -0.2) is 0 Å². The van der Waals surface area contributed by atoms with Gasteiger partial charge >= 0.3 is 0 Å². The lowest BCUT2D eigenvalue weighted by atomic mass is 9.75. The first-order chi connectivity index (χ1) is 5.91. The summed E-state index contributed by atoms with van der Waals surface area (Å²) in [6.45, 7) is 15.6. The van der Waals surface area contributed by atoms with Crippen molar-refractivity contribution >= 4 is 0 Å². The van der Waals surface area contributed by atoms with E-state index in [1.807, 2.05) is 0 Å². The Balaban J connectivity index is 2.44. The number of allylic oxidation sites excluding steroid dienone is 1. The van der Waals surface area contributed by atoms with E-state index in [2.05, 4.69) is 39.2 Å². The van der Waals surface area contributed by atoms with E-state index in [1.54, 1.807) is 0 Å². The smallest absolute Gasteiger partial charge is 0.0177 e. The van der Waals surface area contributed by atoms with E-state index in [1.165, 1.54) is 31.6 Å². The Bertz CT molecular complexity index is 180. The van der Waals surface area contributed by atoms with E-state index in [9.17, 15) is 0 Å². The standard InChI is InChI=1S/C12H23N/c1-10(2)13-8-6-11(7-9-13)12(3,4)5/h11H,1,6-9H2,2-5H3. The zero-order valence-electron chi connectivity index (χ0n) is 9.56. The lowest BCUT2D eigenvalue weighted by molar-refractivity contribution is 0.133. The van der Waals surface area contributed by atoms with E-state index in [0.717, 1.165) is 5.92 Å². The fraction of sp³-hybridized carbons (Fsp3) is 0.833. The van der Waals surface area contributed by atoms with E-state index >= 15 is 0 Å². The average molecular weight is 181 g/mol. The molecule has 0 amide bonds. The maximum atomic E-state index is 3.99. The number of hydrogen-bond donors (Lipinski definition) is 0. The molecule has 1 saturated heterocycles. The quantitative estimate of drug-likeness (QED) is 0.600. The van der Waals surface area contributed by atoms with Crippen molar-refractivity contribution in [3.05, 3.63) is 12.3 Å². The Morgan fingerprint density at radius 1 is 1.23 bits per heavy atom. The van der Waals surface area contributed by atoms with E-state index < -0.39 is 0 Å². The van der Waals surface area contributed by atoms with Crippen LogP contribution in [0.25, 0.3) is 0 Å². The highest BCUT2D eigenvalue weighted by atomic mass is 15.1. The van der Waals surface area contributed by atoms with Gasteiger partial charge in [0.25, 0.3) is 0 Å². The van der Waals surface area contributed by atoms with Gasteiger partial charge in [-0.05, 0) is 31.1 Å². The first-order valence-electron chi connectivity index (χ1n) is 5.31. The van der Waals surface area contributed by atoms with Crippen molar-refractivity contribution in [3.63, 3.8) is 0 Å². The second-order valence-corrected chi connectivity index (χ2v) is 5.36. The summed E-state index contributed by atoms with van der Waals surface area (Å²) in [4.78, 5) is 2.40. The molecular weight excluding hydrogens is 158 g/mol. The van der Waals surface area contributed by atoms with Crippen LogP contribution in [0.2, 0.25) is 0 Å². The van der Waals surface area contributed by atoms with E-state index in [4.69, 9.17) is 0 Å². The molecule has 0 saturated carbocycles. The lowest BCUT2D eigenvalue weighted by Crippen LogP contribution is -2.36. The van der Waals surface area contributed by atoms with Crippen LogP contribution in [0.15, 0.2) is 12.3 Å². The topological polar surface area (TPSA) is 3.24 Å². The fourth-order valence-electron chi connectivity index (χ4n) is 2.13. The molecule has 1 aliphatic heterocycles. The summed E-state index contributed by atoms with van der Waals surface area (Å²) in [7, 11) is 0. The monoisotopic (exact) mass is 181 g/mol. The van der Waals surface area contributed by atoms with Crippen LogP contribution in [-0.2, 0) is 0 Å². The second-order valence-electron chi connectivity index (χ2n) is 5.36. The molecule has 76 valence electrons. The molecule has 1 aliphatic rings. The van der Waals surface area contributed by atoms with Crippen molar-refractivity contribution in [2.45, 2.75) is 40.5 Å². The van der Waals surface area contributed by atoms with Gasteiger partial charge in [-0.1, -0.05) is 27.4 Å². The Kier molecular flexibility index (Phi) is 3.05. The third-order valence-corrected chi connectivity index (χ3v) is 3.26. The molecule has 0 spiro atoms. The van der Waals surface area contributed by atoms with Crippen LogP contribution in [0.1, 0.15) is 40.5 Å². The Labute approximate surface area is 82.8 Å². The summed E-state index contributed by atoms with van der Waals surface area (Å²) in [6, 6.07) is 0. The van der Waals surface area contributed by atoms with Crippen LogP contribution in [0.5, 0.6) is 0 Å². The summed E-state index contributed by atoms with van der Waals surface area (Å²) in [6.07, 6.45) is 2.66. The summed E-state index contributed by atoms with van der Waals surface area (Å²) in [5.41, 5.74) is 1.72. The minimum atomic E-state index is 0.487. The molecular formula is C12H23N. The van der Waals surface area contributed by atoms with Gasteiger partial charge in [0.1, 0.15) is 0 Å². The number of nitrogens with zero attached hydrogens (tertiary/aromatic N) is 1. The number of rotatable bonds is 1. The largest absolute Gasteiger partial charge is 0.376 e. The molecule has 0 N–H and O–H groups in total. The minimum Gasteiger partial charge on any atom is -0.376 e. The van der Waals surface area contributed by atoms with Gasteiger partial charge in [0.2, 0.25) is 0 Å². The van der Waals surface area contributed by atoms with Gasteiger partial charge in [0, 0.05) is 18.8 Å². The van der Waals surface area contributed by atoms with E-state index in [0.29, 0.717) is 5.41 Å². The Morgan fingerprint density at radius 2 is 1.69 bits per heavy atom. The van der Waals surface area contributed by atoms with E-state index in [-0.39, 0.29) is 0 Å². The molecule has 0 atom stereocenters. The van der Waals surface area contributed by atoms with Crippen LogP contribution < -0.4 is 0 Å².